The molecular formula is C14H13NO. The summed E-state index contributed by atoms with van der Waals surface area (Å²) in [4.78, 5) is 4.46. The molecule has 0 atom stereocenters. The molecule has 0 aliphatic rings. The lowest BCUT2D eigenvalue weighted by Gasteiger charge is -2.06. The number of benzene rings is 2. The van der Waals surface area contributed by atoms with Gasteiger partial charge in [-0.05, 0) is 30.4 Å². The van der Waals surface area contributed by atoms with Gasteiger partial charge in [-0.2, -0.15) is 0 Å². The lowest BCUT2D eigenvalue weighted by Crippen LogP contribution is -1.86. The minimum Gasteiger partial charge on any atom is -0.440 e. The highest BCUT2D eigenvalue weighted by Gasteiger charge is 2.12. The molecule has 3 rings (SSSR count). The van der Waals surface area contributed by atoms with Gasteiger partial charge in [-0.15, -0.1) is 0 Å². The molecule has 3 aromatic rings. The van der Waals surface area contributed by atoms with Crippen molar-refractivity contribution in [3.05, 3.63) is 41.3 Å². The van der Waals surface area contributed by atoms with Gasteiger partial charge < -0.3 is 4.42 Å². The number of aryl methyl sites for hydroxylation is 3. The van der Waals surface area contributed by atoms with E-state index in [1.54, 1.807) is 0 Å². The van der Waals surface area contributed by atoms with E-state index in [4.69, 9.17) is 4.42 Å². The van der Waals surface area contributed by atoms with Crippen LogP contribution in [0.2, 0.25) is 0 Å². The van der Waals surface area contributed by atoms with Gasteiger partial charge in [0.15, 0.2) is 11.5 Å². The van der Waals surface area contributed by atoms with E-state index in [0.29, 0.717) is 0 Å². The van der Waals surface area contributed by atoms with Crippen LogP contribution in [-0.2, 0) is 0 Å². The van der Waals surface area contributed by atoms with Gasteiger partial charge in [-0.1, -0.05) is 24.3 Å². The largest absolute Gasteiger partial charge is 0.440 e. The lowest BCUT2D eigenvalue weighted by molar-refractivity contribution is 0.563. The summed E-state index contributed by atoms with van der Waals surface area (Å²) in [6.45, 7) is 6.14. The maximum absolute atomic E-state index is 5.71. The molecule has 0 saturated heterocycles. The summed E-state index contributed by atoms with van der Waals surface area (Å²) in [6.07, 6.45) is 0. The summed E-state index contributed by atoms with van der Waals surface area (Å²) in [5.41, 5.74) is 4.41. The van der Waals surface area contributed by atoms with Crippen LogP contribution >= 0.6 is 0 Å². The molecule has 1 aromatic heterocycles. The Hall–Kier alpha value is -1.83. The van der Waals surface area contributed by atoms with Crippen LogP contribution in [0, 0.1) is 20.8 Å². The van der Waals surface area contributed by atoms with Gasteiger partial charge in [0.25, 0.3) is 0 Å². The molecule has 0 unspecified atom stereocenters. The maximum atomic E-state index is 5.71. The summed E-state index contributed by atoms with van der Waals surface area (Å²) < 4.78 is 5.71. The fraction of sp³-hybridized carbons (Fsp3) is 0.214. The van der Waals surface area contributed by atoms with E-state index in [1.165, 1.54) is 16.5 Å². The first-order valence-corrected chi connectivity index (χ1v) is 5.43. The minimum atomic E-state index is 0.730. The van der Waals surface area contributed by atoms with Crippen LogP contribution in [0.4, 0.5) is 0 Å². The van der Waals surface area contributed by atoms with Crippen molar-refractivity contribution >= 4 is 21.9 Å². The fourth-order valence-electron chi connectivity index (χ4n) is 2.25. The Morgan fingerprint density at radius 1 is 0.938 bits per heavy atom. The third-order valence-corrected chi connectivity index (χ3v) is 3.23. The SMILES string of the molecule is Cc1nc2c(C)c(C)c3ccccc3c2o1. The highest BCUT2D eigenvalue weighted by molar-refractivity contribution is 6.06. The van der Waals surface area contributed by atoms with E-state index in [2.05, 4.69) is 37.0 Å². The molecule has 0 aliphatic carbocycles. The van der Waals surface area contributed by atoms with Gasteiger partial charge in [-0.25, -0.2) is 4.98 Å². The van der Waals surface area contributed by atoms with Crippen molar-refractivity contribution in [1.29, 1.82) is 0 Å². The Morgan fingerprint density at radius 2 is 1.62 bits per heavy atom. The summed E-state index contributed by atoms with van der Waals surface area (Å²) in [5, 5.41) is 2.41. The highest BCUT2D eigenvalue weighted by Crippen LogP contribution is 2.31. The van der Waals surface area contributed by atoms with Gasteiger partial charge in [0, 0.05) is 12.3 Å². The lowest BCUT2D eigenvalue weighted by atomic mass is 9.99. The number of aromatic nitrogens is 1. The average molecular weight is 211 g/mol. The first kappa shape index (κ1) is 9.40. The van der Waals surface area contributed by atoms with E-state index < -0.39 is 0 Å². The van der Waals surface area contributed by atoms with Gasteiger partial charge in [-0.3, -0.25) is 0 Å². The summed E-state index contributed by atoms with van der Waals surface area (Å²) >= 11 is 0. The van der Waals surface area contributed by atoms with Crippen LogP contribution < -0.4 is 0 Å². The Morgan fingerprint density at radius 3 is 2.38 bits per heavy atom. The molecule has 2 heteroatoms. The Balaban J connectivity index is 2.67. The predicted molar refractivity (Wildman–Crippen MR) is 65.7 cm³/mol. The fourth-order valence-corrected chi connectivity index (χ4v) is 2.25. The van der Waals surface area contributed by atoms with E-state index in [9.17, 15) is 0 Å². The molecule has 0 aliphatic heterocycles. The smallest absolute Gasteiger partial charge is 0.192 e. The van der Waals surface area contributed by atoms with Gasteiger partial charge in [0.05, 0.1) is 0 Å². The monoisotopic (exact) mass is 211 g/mol. The molecule has 0 amide bonds. The molecule has 16 heavy (non-hydrogen) atoms. The Labute approximate surface area is 93.9 Å². The molecule has 1 heterocycles. The Bertz CT molecular complexity index is 695. The van der Waals surface area contributed by atoms with E-state index in [-0.39, 0.29) is 0 Å². The summed E-state index contributed by atoms with van der Waals surface area (Å²) in [5.74, 6) is 0.730. The molecule has 80 valence electrons. The standard InChI is InChI=1S/C14H13NO/c1-8-9(2)13-14(16-10(3)15-13)12-7-5-4-6-11(8)12/h4-7H,1-3H3. The molecule has 0 spiro atoms. The molecule has 0 bridgehead atoms. The van der Waals surface area contributed by atoms with Gasteiger partial charge in [0.1, 0.15) is 5.52 Å². The number of hydrogen-bond acceptors (Lipinski definition) is 2. The van der Waals surface area contributed by atoms with Crippen molar-refractivity contribution in [3.63, 3.8) is 0 Å². The summed E-state index contributed by atoms with van der Waals surface area (Å²) in [7, 11) is 0. The van der Waals surface area contributed by atoms with Crippen LogP contribution in [0.5, 0.6) is 0 Å². The third-order valence-electron chi connectivity index (χ3n) is 3.23. The molecule has 2 aromatic carbocycles. The first-order valence-electron chi connectivity index (χ1n) is 5.43. The van der Waals surface area contributed by atoms with Crippen molar-refractivity contribution in [2.45, 2.75) is 20.8 Å². The zero-order chi connectivity index (χ0) is 11.3. The van der Waals surface area contributed by atoms with Crippen LogP contribution in [0.25, 0.3) is 21.9 Å². The minimum absolute atomic E-state index is 0.730. The number of oxazole rings is 1. The molecule has 0 radical (unpaired) electrons. The topological polar surface area (TPSA) is 26.0 Å². The normalized spacial score (nSPS) is 11.4. The van der Waals surface area contributed by atoms with Crippen LogP contribution in [0.15, 0.2) is 28.7 Å². The summed E-state index contributed by atoms with van der Waals surface area (Å²) in [6, 6.07) is 8.32. The van der Waals surface area contributed by atoms with Gasteiger partial charge >= 0.3 is 0 Å². The molecule has 2 nitrogen and oxygen atoms in total. The molecule has 0 N–H and O–H groups in total. The quantitative estimate of drug-likeness (QED) is 0.563. The van der Waals surface area contributed by atoms with Crippen LogP contribution in [-0.4, -0.2) is 4.98 Å². The zero-order valence-electron chi connectivity index (χ0n) is 9.66. The van der Waals surface area contributed by atoms with E-state index in [0.717, 1.165) is 22.4 Å². The van der Waals surface area contributed by atoms with Crippen molar-refractivity contribution in [2.75, 3.05) is 0 Å². The number of fused-ring (bicyclic) bond motifs is 3. The zero-order valence-corrected chi connectivity index (χ0v) is 9.66. The van der Waals surface area contributed by atoms with Gasteiger partial charge in [0.2, 0.25) is 0 Å². The number of rotatable bonds is 0. The van der Waals surface area contributed by atoms with Crippen LogP contribution in [0.3, 0.4) is 0 Å². The van der Waals surface area contributed by atoms with Crippen molar-refractivity contribution < 1.29 is 4.42 Å². The number of hydrogen-bond donors (Lipinski definition) is 0. The number of nitrogens with zero attached hydrogens (tertiary/aromatic N) is 1. The highest BCUT2D eigenvalue weighted by atomic mass is 16.3. The first-order chi connectivity index (χ1) is 7.68. The molecular weight excluding hydrogens is 198 g/mol. The third kappa shape index (κ3) is 1.10. The van der Waals surface area contributed by atoms with Crippen LogP contribution in [0.1, 0.15) is 17.0 Å². The second-order valence-electron chi connectivity index (χ2n) is 4.21. The molecule has 0 fully saturated rings. The van der Waals surface area contributed by atoms with E-state index in [1.807, 2.05) is 13.0 Å². The van der Waals surface area contributed by atoms with Crippen molar-refractivity contribution in [2.24, 2.45) is 0 Å². The molecule has 0 saturated carbocycles. The van der Waals surface area contributed by atoms with Crippen molar-refractivity contribution in [1.82, 2.24) is 4.98 Å². The Kier molecular flexibility index (Phi) is 1.81. The second-order valence-corrected chi connectivity index (χ2v) is 4.21. The predicted octanol–water partition coefficient (Wildman–Crippen LogP) is 3.91. The average Bonchev–Trinajstić information content (AvgIpc) is 2.68. The maximum Gasteiger partial charge on any atom is 0.192 e. The second kappa shape index (κ2) is 3.08. The van der Waals surface area contributed by atoms with E-state index >= 15 is 0 Å². The van der Waals surface area contributed by atoms with Crippen molar-refractivity contribution in [3.8, 4) is 0 Å².